The van der Waals surface area contributed by atoms with Crippen LogP contribution in [0, 0.1) is 9.81 Å². The Morgan fingerprint density at radius 3 is 1.50 bits per heavy atom. The summed E-state index contributed by atoms with van der Waals surface area (Å²) in [5.41, 5.74) is 0. The van der Waals surface area contributed by atoms with Gasteiger partial charge in [0, 0.05) is 0 Å². The highest BCUT2D eigenvalue weighted by Gasteiger charge is 2.31. The quantitative estimate of drug-likeness (QED) is 0.499. The zero-order valence-corrected chi connectivity index (χ0v) is 5.84. The van der Waals surface area contributed by atoms with E-state index < -0.39 is 24.9 Å². The zero-order valence-electron chi connectivity index (χ0n) is 5.84. The molecule has 64 valence electrons. The van der Waals surface area contributed by atoms with Crippen LogP contribution in [0.4, 0.5) is 0 Å². The summed E-state index contributed by atoms with van der Waals surface area (Å²) in [6, 6.07) is 0. The van der Waals surface area contributed by atoms with E-state index in [4.69, 9.17) is 0 Å². The Kier molecular flexibility index (Phi) is 2.08. The van der Waals surface area contributed by atoms with Crippen molar-refractivity contribution in [1.29, 1.82) is 0 Å². The lowest BCUT2D eigenvalue weighted by Crippen LogP contribution is -2.49. The van der Waals surface area contributed by atoms with Gasteiger partial charge in [0.2, 0.25) is 0 Å². The monoisotopic (exact) mass is 172 g/mol. The predicted octanol–water partition coefficient (Wildman–Crippen LogP) is -0.980. The number of amides is 2. The predicted molar refractivity (Wildman–Crippen MR) is 35.0 cm³/mol. The van der Waals surface area contributed by atoms with Gasteiger partial charge >= 0.3 is 0 Å². The molecule has 0 aromatic rings. The van der Waals surface area contributed by atoms with Gasteiger partial charge in [-0.15, -0.1) is 9.81 Å². The molecule has 0 bridgehead atoms. The van der Waals surface area contributed by atoms with Gasteiger partial charge in [-0.25, -0.2) is 0 Å². The lowest BCUT2D eigenvalue weighted by molar-refractivity contribution is -0.150. The largest absolute Gasteiger partial charge is 0.271 e. The molecule has 0 unspecified atom stereocenters. The van der Waals surface area contributed by atoms with Gasteiger partial charge in [0.15, 0.2) is 0 Å². The standard InChI is InChI=1S/C4H4N4O4/c9-3-1-7(5-11)4(10)2-8(3)6-12/h1-2H2. The van der Waals surface area contributed by atoms with Crippen molar-refractivity contribution in [2.75, 3.05) is 13.1 Å². The third-order valence-corrected chi connectivity index (χ3v) is 1.34. The molecule has 2 amide bonds. The number of rotatable bonds is 2. The average molecular weight is 172 g/mol. The third-order valence-electron chi connectivity index (χ3n) is 1.34. The van der Waals surface area contributed by atoms with Gasteiger partial charge in [-0.2, -0.15) is 10.0 Å². The average Bonchev–Trinajstić information content (AvgIpc) is 2.08. The molecule has 1 aliphatic heterocycles. The lowest BCUT2D eigenvalue weighted by atomic mass is 10.4. The topological polar surface area (TPSA) is 99.5 Å². The molecule has 1 aliphatic rings. The number of carbonyl (C=O) groups is 2. The Morgan fingerprint density at radius 1 is 0.917 bits per heavy atom. The Morgan fingerprint density at radius 2 is 1.25 bits per heavy atom. The highest BCUT2D eigenvalue weighted by Crippen LogP contribution is 2.04. The van der Waals surface area contributed by atoms with Gasteiger partial charge in [0.05, 0.1) is 10.6 Å². The normalized spacial score (nSPS) is 18.0. The first-order valence-electron chi connectivity index (χ1n) is 2.96. The molecule has 0 spiro atoms. The fourth-order valence-corrected chi connectivity index (χ4v) is 0.745. The number of piperazine rings is 1. The van der Waals surface area contributed by atoms with E-state index in [1.165, 1.54) is 0 Å². The van der Waals surface area contributed by atoms with E-state index in [0.717, 1.165) is 0 Å². The van der Waals surface area contributed by atoms with E-state index in [2.05, 4.69) is 10.6 Å². The number of carbonyl (C=O) groups excluding carboxylic acids is 2. The van der Waals surface area contributed by atoms with Crippen LogP contribution in [0.5, 0.6) is 0 Å². The van der Waals surface area contributed by atoms with Crippen LogP contribution >= 0.6 is 0 Å². The molecule has 0 N–H and O–H groups in total. The first kappa shape index (κ1) is 8.24. The summed E-state index contributed by atoms with van der Waals surface area (Å²) >= 11 is 0. The number of hydrogen-bond acceptors (Lipinski definition) is 6. The molecular formula is C4H4N4O4. The minimum atomic E-state index is -0.718. The maximum atomic E-state index is 10.8. The van der Waals surface area contributed by atoms with Crippen LogP contribution in [0.3, 0.4) is 0 Å². The second-order valence-corrected chi connectivity index (χ2v) is 2.07. The molecule has 0 aromatic heterocycles. The van der Waals surface area contributed by atoms with Crippen molar-refractivity contribution in [3.63, 3.8) is 0 Å². The first-order valence-corrected chi connectivity index (χ1v) is 2.96. The lowest BCUT2D eigenvalue weighted by Gasteiger charge is -2.22. The van der Waals surface area contributed by atoms with E-state index in [0.29, 0.717) is 10.0 Å². The van der Waals surface area contributed by atoms with Crippen molar-refractivity contribution < 1.29 is 9.59 Å². The molecule has 0 aliphatic carbocycles. The fraction of sp³-hybridized carbons (Fsp3) is 0.500. The summed E-state index contributed by atoms with van der Waals surface area (Å²) in [4.78, 5) is 41.3. The van der Waals surface area contributed by atoms with Gasteiger partial charge in [0.25, 0.3) is 11.8 Å². The van der Waals surface area contributed by atoms with Crippen molar-refractivity contribution >= 4 is 11.8 Å². The van der Waals surface area contributed by atoms with E-state index in [9.17, 15) is 19.4 Å². The van der Waals surface area contributed by atoms with Crippen LogP contribution in [0.2, 0.25) is 0 Å². The van der Waals surface area contributed by atoms with Crippen LogP contribution in [-0.4, -0.2) is 34.9 Å². The minimum absolute atomic E-state index is 0.448. The Labute approximate surface area is 66.0 Å². The van der Waals surface area contributed by atoms with Gasteiger partial charge < -0.3 is 0 Å². The van der Waals surface area contributed by atoms with Crippen molar-refractivity contribution in [1.82, 2.24) is 10.0 Å². The molecule has 0 radical (unpaired) electrons. The van der Waals surface area contributed by atoms with E-state index in [-0.39, 0.29) is 0 Å². The summed E-state index contributed by atoms with van der Waals surface area (Å²) in [6.07, 6.45) is 0. The Hall–Kier alpha value is -1.86. The molecule has 8 heteroatoms. The van der Waals surface area contributed by atoms with E-state index in [1.54, 1.807) is 0 Å². The molecule has 12 heavy (non-hydrogen) atoms. The SMILES string of the molecule is O=NN1CC(=O)N(N=O)CC1=O. The molecule has 1 fully saturated rings. The molecule has 1 heterocycles. The van der Waals surface area contributed by atoms with Gasteiger partial charge in [0.1, 0.15) is 13.1 Å². The zero-order chi connectivity index (χ0) is 9.14. The fourth-order valence-electron chi connectivity index (χ4n) is 0.745. The molecule has 0 saturated carbocycles. The second-order valence-electron chi connectivity index (χ2n) is 2.07. The van der Waals surface area contributed by atoms with E-state index in [1.807, 2.05) is 0 Å². The molecule has 8 nitrogen and oxygen atoms in total. The number of hydrogen-bond donors (Lipinski definition) is 0. The molecular weight excluding hydrogens is 168 g/mol. The van der Waals surface area contributed by atoms with Crippen LogP contribution in [0.1, 0.15) is 0 Å². The van der Waals surface area contributed by atoms with Crippen molar-refractivity contribution in [2.24, 2.45) is 10.6 Å². The number of nitrogens with zero attached hydrogens (tertiary/aromatic N) is 4. The smallest absolute Gasteiger partial charge is 0.267 e. The van der Waals surface area contributed by atoms with Gasteiger partial charge in [-0.3, -0.25) is 9.59 Å². The molecule has 0 atom stereocenters. The minimum Gasteiger partial charge on any atom is -0.271 e. The van der Waals surface area contributed by atoms with Gasteiger partial charge in [-0.05, 0) is 0 Å². The van der Waals surface area contributed by atoms with Crippen molar-refractivity contribution in [2.45, 2.75) is 0 Å². The summed E-state index contributed by atoms with van der Waals surface area (Å²) in [5.74, 6) is -1.44. The summed E-state index contributed by atoms with van der Waals surface area (Å²) in [7, 11) is 0. The molecule has 1 saturated heterocycles. The van der Waals surface area contributed by atoms with Crippen LogP contribution in [0.15, 0.2) is 10.6 Å². The van der Waals surface area contributed by atoms with Crippen LogP contribution in [0.25, 0.3) is 0 Å². The maximum absolute atomic E-state index is 10.8. The summed E-state index contributed by atoms with van der Waals surface area (Å²) < 4.78 is 0. The van der Waals surface area contributed by atoms with Crippen molar-refractivity contribution in [3.8, 4) is 0 Å². The highest BCUT2D eigenvalue weighted by atomic mass is 16.3. The van der Waals surface area contributed by atoms with Crippen LogP contribution < -0.4 is 0 Å². The van der Waals surface area contributed by atoms with E-state index >= 15 is 0 Å². The Balaban J connectivity index is 2.74. The van der Waals surface area contributed by atoms with Crippen molar-refractivity contribution in [3.05, 3.63) is 9.81 Å². The summed E-state index contributed by atoms with van der Waals surface area (Å²) in [6.45, 7) is -1.04. The highest BCUT2D eigenvalue weighted by molar-refractivity contribution is 5.91. The Bertz CT molecular complexity index is 225. The number of nitroso groups, excluding NO2 is 2. The second kappa shape index (κ2) is 3.03. The maximum Gasteiger partial charge on any atom is 0.267 e. The molecule has 1 rings (SSSR count). The third kappa shape index (κ3) is 1.26. The van der Waals surface area contributed by atoms with Crippen LogP contribution in [-0.2, 0) is 9.59 Å². The first-order chi connectivity index (χ1) is 5.69. The van der Waals surface area contributed by atoms with Gasteiger partial charge in [-0.1, -0.05) is 0 Å². The summed E-state index contributed by atoms with van der Waals surface area (Å²) in [5, 5.41) is 5.48. The molecule has 0 aromatic carbocycles.